The number of aliphatic carboxylic acids is 1. The number of nitrogens with one attached hydrogen (secondary N) is 1. The number of hydrogen-bond donors (Lipinski definition) is 2. The molecule has 0 aromatic heterocycles. The summed E-state index contributed by atoms with van der Waals surface area (Å²) in [5.41, 5.74) is 0. The van der Waals surface area contributed by atoms with E-state index in [9.17, 15) is 14.7 Å². The fraction of sp³-hybridized carbons (Fsp3) is 0.714. The Morgan fingerprint density at radius 3 is 2.85 bits per heavy atom. The van der Waals surface area contributed by atoms with Gasteiger partial charge in [0.1, 0.15) is 6.04 Å². The number of carboxylic acid groups (broad SMARTS) is 1. The third-order valence-electron chi connectivity index (χ3n) is 3.17. The number of thioether (sulfide) groups is 1. The molecule has 2 atom stereocenters. The maximum absolute atomic E-state index is 12.2. The van der Waals surface area contributed by atoms with Gasteiger partial charge >= 0.3 is 12.0 Å². The van der Waals surface area contributed by atoms with Gasteiger partial charge in [-0.2, -0.15) is 0 Å². The van der Waals surface area contributed by atoms with E-state index in [1.165, 1.54) is 4.90 Å². The molecular formula is C14H22N2O3S. The van der Waals surface area contributed by atoms with Crippen LogP contribution in [-0.2, 0) is 4.79 Å². The van der Waals surface area contributed by atoms with E-state index in [1.54, 1.807) is 11.8 Å². The van der Waals surface area contributed by atoms with Crippen LogP contribution >= 0.6 is 11.8 Å². The van der Waals surface area contributed by atoms with Crippen molar-refractivity contribution in [1.82, 2.24) is 10.2 Å². The predicted octanol–water partition coefficient (Wildman–Crippen LogP) is 2.13. The molecule has 0 spiro atoms. The Balaban J connectivity index is 2.51. The average molecular weight is 298 g/mol. The minimum Gasteiger partial charge on any atom is -0.480 e. The summed E-state index contributed by atoms with van der Waals surface area (Å²) in [4.78, 5) is 24.9. The Morgan fingerprint density at radius 2 is 2.25 bits per heavy atom. The summed E-state index contributed by atoms with van der Waals surface area (Å²) < 4.78 is 0. The molecule has 1 aliphatic heterocycles. The number of hydrogen-bond acceptors (Lipinski definition) is 3. The summed E-state index contributed by atoms with van der Waals surface area (Å²) in [6, 6.07) is -0.996. The lowest BCUT2D eigenvalue weighted by Gasteiger charge is -2.27. The van der Waals surface area contributed by atoms with Gasteiger partial charge in [-0.3, -0.25) is 4.90 Å². The minimum atomic E-state index is -0.932. The third kappa shape index (κ3) is 4.64. The molecule has 0 bridgehead atoms. The van der Waals surface area contributed by atoms with E-state index >= 15 is 0 Å². The molecule has 112 valence electrons. The first-order valence-electron chi connectivity index (χ1n) is 6.95. The molecule has 0 aromatic carbocycles. The van der Waals surface area contributed by atoms with Gasteiger partial charge in [0.15, 0.2) is 0 Å². The van der Waals surface area contributed by atoms with E-state index in [-0.39, 0.29) is 11.4 Å². The van der Waals surface area contributed by atoms with E-state index < -0.39 is 12.0 Å². The second kappa shape index (κ2) is 8.75. The van der Waals surface area contributed by atoms with Crippen molar-refractivity contribution in [1.29, 1.82) is 0 Å². The molecular weight excluding hydrogens is 276 g/mol. The lowest BCUT2D eigenvalue weighted by Crippen LogP contribution is -2.50. The standard InChI is InChI=1S/C14H22N2O3S/c1-3-5-6-7-9-15-14(19)16-11(13(17)18)10-20-12(16)8-4-2/h1,11-12H,4-10H2,2H3,(H,15,19)(H,17,18). The van der Waals surface area contributed by atoms with Gasteiger partial charge in [0.2, 0.25) is 0 Å². The Hall–Kier alpha value is -1.35. The van der Waals surface area contributed by atoms with Crippen molar-refractivity contribution in [2.45, 2.75) is 50.4 Å². The van der Waals surface area contributed by atoms with Crippen LogP contribution in [0.3, 0.4) is 0 Å². The highest BCUT2D eigenvalue weighted by Crippen LogP contribution is 2.32. The van der Waals surface area contributed by atoms with Gasteiger partial charge in [-0.1, -0.05) is 13.3 Å². The summed E-state index contributed by atoms with van der Waals surface area (Å²) in [7, 11) is 0. The largest absolute Gasteiger partial charge is 0.480 e. The van der Waals surface area contributed by atoms with Crippen LogP contribution < -0.4 is 5.32 Å². The number of terminal acetylenes is 1. The van der Waals surface area contributed by atoms with Gasteiger partial charge in [-0.25, -0.2) is 9.59 Å². The molecule has 1 fully saturated rings. The number of nitrogens with zero attached hydrogens (tertiary/aromatic N) is 1. The molecule has 1 heterocycles. The Labute approximate surface area is 124 Å². The Morgan fingerprint density at radius 1 is 1.50 bits per heavy atom. The van der Waals surface area contributed by atoms with Crippen molar-refractivity contribution in [2.24, 2.45) is 0 Å². The molecule has 1 saturated heterocycles. The molecule has 2 amide bonds. The fourth-order valence-corrected chi connectivity index (χ4v) is 3.65. The zero-order valence-corrected chi connectivity index (χ0v) is 12.6. The molecule has 0 aliphatic carbocycles. The molecule has 1 aliphatic rings. The monoisotopic (exact) mass is 298 g/mol. The number of amides is 2. The number of unbranched alkanes of at least 4 members (excludes halogenated alkanes) is 2. The van der Waals surface area contributed by atoms with Gasteiger partial charge in [-0.15, -0.1) is 24.1 Å². The summed E-state index contributed by atoms with van der Waals surface area (Å²) in [5, 5.41) is 12.0. The van der Waals surface area contributed by atoms with Crippen molar-refractivity contribution in [3.63, 3.8) is 0 Å². The van der Waals surface area contributed by atoms with Crippen molar-refractivity contribution in [3.05, 3.63) is 0 Å². The van der Waals surface area contributed by atoms with Crippen molar-refractivity contribution >= 4 is 23.8 Å². The third-order valence-corrected chi connectivity index (χ3v) is 4.53. The average Bonchev–Trinajstić information content (AvgIpc) is 2.83. The van der Waals surface area contributed by atoms with E-state index in [0.29, 0.717) is 18.7 Å². The lowest BCUT2D eigenvalue weighted by molar-refractivity contribution is -0.141. The molecule has 6 heteroatoms. The first kappa shape index (κ1) is 16.7. The van der Waals surface area contributed by atoms with Gasteiger partial charge < -0.3 is 10.4 Å². The number of carbonyl (C=O) groups is 2. The van der Waals surface area contributed by atoms with Crippen molar-refractivity contribution in [2.75, 3.05) is 12.3 Å². The molecule has 0 aromatic rings. The number of urea groups is 1. The first-order valence-corrected chi connectivity index (χ1v) is 8.00. The highest BCUT2D eigenvalue weighted by atomic mass is 32.2. The van der Waals surface area contributed by atoms with Gasteiger partial charge in [-0.05, 0) is 19.3 Å². The van der Waals surface area contributed by atoms with E-state index in [0.717, 1.165) is 25.7 Å². The van der Waals surface area contributed by atoms with E-state index in [1.807, 2.05) is 6.92 Å². The SMILES string of the molecule is C#CCCCCNC(=O)N1C(CCC)SCC1C(=O)O. The second-order valence-electron chi connectivity index (χ2n) is 4.73. The van der Waals surface area contributed by atoms with Crippen LogP contribution in [-0.4, -0.2) is 45.7 Å². The zero-order chi connectivity index (χ0) is 15.0. The molecule has 2 unspecified atom stereocenters. The molecule has 0 radical (unpaired) electrons. The Bertz CT molecular complexity index is 381. The van der Waals surface area contributed by atoms with E-state index in [4.69, 9.17) is 6.42 Å². The summed E-state index contributed by atoms with van der Waals surface area (Å²) in [6.45, 7) is 2.57. The minimum absolute atomic E-state index is 0.0354. The summed E-state index contributed by atoms with van der Waals surface area (Å²) in [5.74, 6) is 2.08. The quantitative estimate of drug-likeness (QED) is 0.558. The number of carbonyl (C=O) groups excluding carboxylic acids is 1. The van der Waals surface area contributed by atoms with Crippen LogP contribution in [0.1, 0.15) is 39.0 Å². The topological polar surface area (TPSA) is 69.6 Å². The molecule has 20 heavy (non-hydrogen) atoms. The zero-order valence-electron chi connectivity index (χ0n) is 11.8. The van der Waals surface area contributed by atoms with Gasteiger partial charge in [0.25, 0.3) is 0 Å². The van der Waals surface area contributed by atoms with Crippen molar-refractivity contribution < 1.29 is 14.7 Å². The summed E-state index contributed by atoms with van der Waals surface area (Å²) >= 11 is 1.54. The molecule has 0 saturated carbocycles. The normalized spacial score (nSPS) is 21.5. The van der Waals surface area contributed by atoms with Gasteiger partial charge in [0.05, 0.1) is 5.37 Å². The maximum Gasteiger partial charge on any atom is 0.327 e. The van der Waals surface area contributed by atoms with Crippen LogP contribution in [0, 0.1) is 12.3 Å². The maximum atomic E-state index is 12.2. The highest BCUT2D eigenvalue weighted by Gasteiger charge is 2.40. The molecule has 5 nitrogen and oxygen atoms in total. The van der Waals surface area contributed by atoms with Crippen LogP contribution in [0.25, 0.3) is 0 Å². The smallest absolute Gasteiger partial charge is 0.327 e. The number of rotatable bonds is 7. The van der Waals surface area contributed by atoms with E-state index in [2.05, 4.69) is 11.2 Å². The van der Waals surface area contributed by atoms with Crippen LogP contribution in [0.5, 0.6) is 0 Å². The van der Waals surface area contributed by atoms with Crippen LogP contribution in [0.4, 0.5) is 4.79 Å². The summed E-state index contributed by atoms with van der Waals surface area (Å²) in [6.07, 6.45) is 9.28. The van der Waals surface area contributed by atoms with Crippen LogP contribution in [0.15, 0.2) is 0 Å². The fourth-order valence-electron chi connectivity index (χ4n) is 2.13. The Kier molecular flexibility index (Phi) is 7.31. The van der Waals surface area contributed by atoms with Gasteiger partial charge in [0, 0.05) is 18.7 Å². The highest BCUT2D eigenvalue weighted by molar-refractivity contribution is 8.00. The number of carboxylic acids is 1. The molecule has 1 rings (SSSR count). The predicted molar refractivity (Wildman–Crippen MR) is 80.5 cm³/mol. The van der Waals surface area contributed by atoms with Crippen molar-refractivity contribution in [3.8, 4) is 12.3 Å². The molecule has 2 N–H and O–H groups in total. The second-order valence-corrected chi connectivity index (χ2v) is 5.94. The lowest BCUT2D eigenvalue weighted by atomic mass is 10.2. The van der Waals surface area contributed by atoms with Crippen LogP contribution in [0.2, 0.25) is 0 Å². The first-order chi connectivity index (χ1) is 9.61.